The van der Waals surface area contributed by atoms with Gasteiger partial charge in [0, 0.05) is 60.0 Å². The predicted octanol–water partition coefficient (Wildman–Crippen LogP) is 9.48. The highest BCUT2D eigenvalue weighted by atomic mass is 31.2. The van der Waals surface area contributed by atoms with Gasteiger partial charge in [-0.3, -0.25) is 0 Å². The summed E-state index contributed by atoms with van der Waals surface area (Å²) in [6.45, 7) is 20.4. The summed E-state index contributed by atoms with van der Waals surface area (Å²) in [7, 11) is -1.19. The number of fused-ring (bicyclic) bond motifs is 6. The predicted molar refractivity (Wildman–Crippen MR) is 205 cm³/mol. The summed E-state index contributed by atoms with van der Waals surface area (Å²) in [6, 6.07) is 14.4. The van der Waals surface area contributed by atoms with Crippen molar-refractivity contribution in [1.29, 1.82) is 5.26 Å². The van der Waals surface area contributed by atoms with Gasteiger partial charge in [0.25, 0.3) is 8.53 Å². The van der Waals surface area contributed by atoms with E-state index in [0.29, 0.717) is 31.7 Å². The molecule has 0 amide bonds. The molecule has 7 rings (SSSR count). The largest absolute Gasteiger partial charge is 0.484 e. The normalized spacial score (nSPS) is 23.5. The summed E-state index contributed by atoms with van der Waals surface area (Å²) < 4.78 is 24.7. The lowest BCUT2D eigenvalue weighted by Crippen LogP contribution is -2.46. The van der Waals surface area contributed by atoms with Gasteiger partial charge < -0.3 is 18.7 Å². The fourth-order valence-corrected chi connectivity index (χ4v) is 11.2. The summed E-state index contributed by atoms with van der Waals surface area (Å²) in [5.41, 5.74) is 11.6. The molecule has 5 heterocycles. The molecule has 0 N–H and O–H groups in total. The maximum Gasteiger partial charge on any atom is 0.259 e. The Morgan fingerprint density at radius 2 is 1.86 bits per heavy atom. The molecule has 0 aromatic heterocycles. The first-order valence-corrected chi connectivity index (χ1v) is 20.4. The van der Waals surface area contributed by atoms with Crippen LogP contribution in [0.4, 0.5) is 11.4 Å². The molecular weight excluding hydrogens is 639 g/mol. The highest BCUT2D eigenvalue weighted by molar-refractivity contribution is 7.44. The topological polar surface area (TPSA) is 61.0 Å². The Kier molecular flexibility index (Phi) is 10.2. The molecule has 0 bridgehead atoms. The van der Waals surface area contributed by atoms with Crippen molar-refractivity contribution in [2.24, 2.45) is 5.41 Å². The van der Waals surface area contributed by atoms with Gasteiger partial charge in [-0.05, 0) is 89.8 Å². The van der Waals surface area contributed by atoms with Crippen molar-refractivity contribution < 1.29 is 18.4 Å². The fourth-order valence-electron chi connectivity index (χ4n) is 9.62. The van der Waals surface area contributed by atoms with E-state index >= 15 is 0 Å². The number of nitriles is 1. The van der Waals surface area contributed by atoms with Crippen LogP contribution < -0.4 is 9.64 Å². The van der Waals surface area contributed by atoms with Crippen LogP contribution in [0.15, 0.2) is 35.9 Å². The average molecular weight is 698 g/mol. The minimum Gasteiger partial charge on any atom is -0.484 e. The summed E-state index contributed by atoms with van der Waals surface area (Å²) in [5, 5.41) is 9.06. The molecule has 0 aliphatic carbocycles. The second-order valence-electron chi connectivity index (χ2n) is 16.7. The molecule has 5 aliphatic rings. The number of rotatable bonds is 13. The number of ether oxygens (including phenoxy) is 1. The van der Waals surface area contributed by atoms with Crippen LogP contribution >= 0.6 is 8.53 Å². The zero-order chi connectivity index (χ0) is 35.2. The minimum atomic E-state index is -1.19. The fraction of sp³-hybridized carbons (Fsp3) is 0.619. The van der Waals surface area contributed by atoms with E-state index < -0.39 is 8.53 Å². The third-order valence-corrected chi connectivity index (χ3v) is 13.6. The van der Waals surface area contributed by atoms with Gasteiger partial charge in [-0.15, -0.1) is 0 Å². The SMILES string of the molecule is CC(C)N(C(C)C)P(OCCC#N)OCCCCCC1(C)C2=[N+](CCC3Oc4c(cc5c6c4CC(C)(C)CN6CCC5)C=C23)c2ccccc21. The molecule has 50 heavy (non-hydrogen) atoms. The first-order chi connectivity index (χ1) is 24.0. The van der Waals surface area contributed by atoms with Gasteiger partial charge in [-0.2, -0.15) is 9.84 Å². The van der Waals surface area contributed by atoms with Crippen LogP contribution in [-0.2, 0) is 27.3 Å². The van der Waals surface area contributed by atoms with Gasteiger partial charge in [-0.25, -0.2) is 4.67 Å². The molecule has 2 aromatic rings. The lowest BCUT2D eigenvalue weighted by molar-refractivity contribution is -0.444. The van der Waals surface area contributed by atoms with E-state index in [1.165, 1.54) is 51.3 Å². The third-order valence-electron chi connectivity index (χ3n) is 11.5. The molecule has 0 fully saturated rings. The van der Waals surface area contributed by atoms with Crippen LogP contribution in [0.2, 0.25) is 0 Å². The van der Waals surface area contributed by atoms with Crippen molar-refractivity contribution in [2.45, 2.75) is 130 Å². The molecule has 0 saturated heterocycles. The number of benzene rings is 2. The number of aryl methyl sites for hydroxylation is 1. The van der Waals surface area contributed by atoms with Crippen LogP contribution in [-0.4, -0.2) is 66.0 Å². The van der Waals surface area contributed by atoms with E-state index in [9.17, 15) is 0 Å². The van der Waals surface area contributed by atoms with Crippen molar-refractivity contribution in [3.05, 3.63) is 58.2 Å². The molecule has 2 aromatic carbocycles. The highest BCUT2D eigenvalue weighted by Gasteiger charge is 2.54. The van der Waals surface area contributed by atoms with Gasteiger partial charge in [0.1, 0.15) is 11.9 Å². The summed E-state index contributed by atoms with van der Waals surface area (Å²) >= 11 is 0. The van der Waals surface area contributed by atoms with E-state index in [-0.39, 0.29) is 16.9 Å². The minimum absolute atomic E-state index is 0.0802. The average Bonchev–Trinajstić information content (AvgIpc) is 3.33. The quantitative estimate of drug-likeness (QED) is 0.118. The maximum atomic E-state index is 9.06. The lowest BCUT2D eigenvalue weighted by atomic mass is 9.71. The number of unbranched alkanes of at least 4 members (excludes halogenated alkanes) is 2. The molecule has 3 unspecified atom stereocenters. The Balaban J connectivity index is 1.11. The lowest BCUT2D eigenvalue weighted by Gasteiger charge is -2.46. The van der Waals surface area contributed by atoms with Crippen LogP contribution in [0.3, 0.4) is 0 Å². The Labute approximate surface area is 302 Å². The molecule has 5 aliphatic heterocycles. The van der Waals surface area contributed by atoms with Crippen molar-refractivity contribution in [3.63, 3.8) is 0 Å². The van der Waals surface area contributed by atoms with E-state index in [2.05, 4.69) is 105 Å². The van der Waals surface area contributed by atoms with Crippen LogP contribution in [0, 0.1) is 16.7 Å². The Hall–Kier alpha value is -2.75. The van der Waals surface area contributed by atoms with E-state index in [0.717, 1.165) is 70.3 Å². The molecule has 268 valence electrons. The van der Waals surface area contributed by atoms with Crippen LogP contribution in [0.5, 0.6) is 5.75 Å². The zero-order valence-corrected chi connectivity index (χ0v) is 32.5. The second kappa shape index (κ2) is 14.3. The number of anilines is 1. The molecule has 0 spiro atoms. The molecule has 3 atom stereocenters. The number of hydrogen-bond acceptors (Lipinski definition) is 6. The maximum absolute atomic E-state index is 9.06. The molecular formula is C42H58N4O3P+. The summed E-state index contributed by atoms with van der Waals surface area (Å²) in [5.74, 6) is 1.16. The summed E-state index contributed by atoms with van der Waals surface area (Å²) in [6.07, 6.45) is 11.8. The molecule has 0 saturated carbocycles. The Morgan fingerprint density at radius 3 is 2.64 bits per heavy atom. The van der Waals surface area contributed by atoms with E-state index in [4.69, 9.17) is 19.0 Å². The van der Waals surface area contributed by atoms with Crippen molar-refractivity contribution in [2.75, 3.05) is 37.7 Å². The molecule has 8 heteroatoms. The van der Waals surface area contributed by atoms with Crippen LogP contribution in [0.1, 0.15) is 116 Å². The first-order valence-electron chi connectivity index (χ1n) is 19.3. The van der Waals surface area contributed by atoms with Gasteiger partial charge >= 0.3 is 0 Å². The number of hydrogen-bond donors (Lipinski definition) is 0. The van der Waals surface area contributed by atoms with Gasteiger partial charge in [0.2, 0.25) is 5.69 Å². The van der Waals surface area contributed by atoms with E-state index in [1.54, 1.807) is 0 Å². The standard InChI is InChI=1S/C42H58N4O3P/c1-29(2)46(30(3)4)50(48-24-14-20-43)47-23-12-8-11-19-42(7)35-16-9-10-17-36(35)45-22-18-37-33(40(42)45)26-32-25-31-15-13-21-44-28-41(5,6)27-34(38(31)44)39(32)49-37/h9-10,16-17,25-26,29-30,37H,8,11-15,18-19,21-24,27-28H2,1-7H3/q+1. The third kappa shape index (κ3) is 6.56. The molecule has 0 radical (unpaired) electrons. The van der Waals surface area contributed by atoms with Crippen molar-refractivity contribution in [3.8, 4) is 11.8 Å². The highest BCUT2D eigenvalue weighted by Crippen LogP contribution is 2.53. The van der Waals surface area contributed by atoms with Gasteiger partial charge in [0.05, 0.1) is 36.7 Å². The monoisotopic (exact) mass is 697 g/mol. The second-order valence-corrected chi connectivity index (χ2v) is 18.1. The van der Waals surface area contributed by atoms with Crippen LogP contribution in [0.25, 0.3) is 6.08 Å². The summed E-state index contributed by atoms with van der Waals surface area (Å²) in [4.78, 5) is 2.65. The Morgan fingerprint density at radius 1 is 1.08 bits per heavy atom. The Bertz CT molecular complexity index is 1700. The first kappa shape index (κ1) is 35.6. The van der Waals surface area contributed by atoms with Crippen molar-refractivity contribution in [1.82, 2.24) is 4.67 Å². The van der Waals surface area contributed by atoms with Crippen molar-refractivity contribution >= 4 is 31.7 Å². The smallest absolute Gasteiger partial charge is 0.259 e. The number of para-hydroxylation sites is 1. The number of nitrogens with zero attached hydrogens (tertiary/aromatic N) is 4. The van der Waals surface area contributed by atoms with Gasteiger partial charge in [0.15, 0.2) is 12.3 Å². The molecule has 7 nitrogen and oxygen atoms in total. The van der Waals surface area contributed by atoms with Gasteiger partial charge in [-0.1, -0.05) is 44.9 Å². The zero-order valence-electron chi connectivity index (χ0n) is 31.6. The van der Waals surface area contributed by atoms with E-state index in [1.807, 2.05) is 0 Å².